The zero-order valence-corrected chi connectivity index (χ0v) is 17.5. The first-order chi connectivity index (χ1) is 14.1. The molecule has 0 aliphatic rings. The SMILES string of the molecule is C=CCn1c(SCc2csc(-c3ccc(C)cc3)n2)nnc1-c1ccc(F)cc1. The molecule has 2 aromatic heterocycles. The van der Waals surface area contributed by atoms with Crippen LogP contribution in [0, 0.1) is 12.7 Å². The summed E-state index contributed by atoms with van der Waals surface area (Å²) in [5.74, 6) is 1.12. The van der Waals surface area contributed by atoms with Crippen LogP contribution in [0.5, 0.6) is 0 Å². The Morgan fingerprint density at radius 1 is 1.07 bits per heavy atom. The molecule has 0 saturated heterocycles. The lowest BCUT2D eigenvalue weighted by Gasteiger charge is -2.07. The van der Waals surface area contributed by atoms with Crippen molar-refractivity contribution in [2.75, 3.05) is 0 Å². The second-order valence-corrected chi connectivity index (χ2v) is 8.31. The van der Waals surface area contributed by atoms with Crippen LogP contribution in [0.4, 0.5) is 4.39 Å². The molecule has 0 atom stereocenters. The van der Waals surface area contributed by atoms with Crippen molar-refractivity contribution < 1.29 is 4.39 Å². The molecular weight excluding hydrogens is 403 g/mol. The summed E-state index contributed by atoms with van der Waals surface area (Å²) in [7, 11) is 0. The van der Waals surface area contributed by atoms with Gasteiger partial charge in [-0.3, -0.25) is 4.57 Å². The number of aromatic nitrogens is 4. The fourth-order valence-corrected chi connectivity index (χ4v) is 4.61. The number of rotatable bonds is 7. The van der Waals surface area contributed by atoms with Crippen LogP contribution in [0.25, 0.3) is 22.0 Å². The van der Waals surface area contributed by atoms with Gasteiger partial charge in [0.05, 0.1) is 5.69 Å². The van der Waals surface area contributed by atoms with E-state index in [2.05, 4.69) is 53.3 Å². The molecule has 29 heavy (non-hydrogen) atoms. The van der Waals surface area contributed by atoms with E-state index in [4.69, 9.17) is 4.98 Å². The van der Waals surface area contributed by atoms with Gasteiger partial charge in [-0.25, -0.2) is 9.37 Å². The monoisotopic (exact) mass is 422 g/mol. The van der Waals surface area contributed by atoms with Gasteiger partial charge < -0.3 is 0 Å². The lowest BCUT2D eigenvalue weighted by Crippen LogP contribution is -2.00. The number of hydrogen-bond acceptors (Lipinski definition) is 5. The number of allylic oxidation sites excluding steroid dienone is 1. The van der Waals surface area contributed by atoms with Crippen LogP contribution in [0.15, 0.2) is 71.7 Å². The molecule has 4 aromatic rings. The topological polar surface area (TPSA) is 43.6 Å². The highest BCUT2D eigenvalue weighted by Crippen LogP contribution is 2.29. The van der Waals surface area contributed by atoms with Crippen molar-refractivity contribution in [2.45, 2.75) is 24.4 Å². The molecule has 0 spiro atoms. The lowest BCUT2D eigenvalue weighted by atomic mass is 10.2. The van der Waals surface area contributed by atoms with Gasteiger partial charge in [-0.1, -0.05) is 47.7 Å². The summed E-state index contributed by atoms with van der Waals surface area (Å²) in [4.78, 5) is 4.75. The van der Waals surface area contributed by atoms with Gasteiger partial charge in [-0.15, -0.1) is 28.1 Å². The highest BCUT2D eigenvalue weighted by molar-refractivity contribution is 7.98. The third-order valence-corrected chi connectivity index (χ3v) is 6.27. The minimum absolute atomic E-state index is 0.272. The number of hydrogen-bond donors (Lipinski definition) is 0. The number of thiazole rings is 1. The molecule has 0 aliphatic heterocycles. The van der Waals surface area contributed by atoms with E-state index in [9.17, 15) is 4.39 Å². The maximum atomic E-state index is 13.2. The molecule has 0 N–H and O–H groups in total. The highest BCUT2D eigenvalue weighted by atomic mass is 32.2. The van der Waals surface area contributed by atoms with E-state index in [1.807, 2.05) is 4.57 Å². The first-order valence-corrected chi connectivity index (χ1v) is 10.9. The van der Waals surface area contributed by atoms with Gasteiger partial charge in [0, 0.05) is 28.8 Å². The quantitative estimate of drug-likeness (QED) is 0.271. The van der Waals surface area contributed by atoms with Crippen LogP contribution in [0.1, 0.15) is 11.3 Å². The van der Waals surface area contributed by atoms with E-state index in [1.54, 1.807) is 41.3 Å². The lowest BCUT2D eigenvalue weighted by molar-refractivity contribution is 0.628. The van der Waals surface area contributed by atoms with Gasteiger partial charge in [0.15, 0.2) is 11.0 Å². The molecule has 0 unspecified atom stereocenters. The molecule has 0 amide bonds. The van der Waals surface area contributed by atoms with E-state index >= 15 is 0 Å². The first-order valence-electron chi connectivity index (χ1n) is 9.08. The number of halogens is 1. The Kier molecular flexibility index (Phi) is 5.87. The van der Waals surface area contributed by atoms with E-state index in [0.29, 0.717) is 18.1 Å². The molecule has 0 aliphatic carbocycles. The third-order valence-electron chi connectivity index (χ3n) is 4.33. The Hall–Kier alpha value is -2.77. The second-order valence-electron chi connectivity index (χ2n) is 6.51. The minimum atomic E-state index is -0.272. The average molecular weight is 423 g/mol. The molecule has 7 heteroatoms. The van der Waals surface area contributed by atoms with Crippen molar-refractivity contribution >= 4 is 23.1 Å². The van der Waals surface area contributed by atoms with E-state index in [0.717, 1.165) is 27.0 Å². The molecule has 0 radical (unpaired) electrons. The van der Waals surface area contributed by atoms with E-state index < -0.39 is 0 Å². The molecular formula is C22H19FN4S2. The predicted molar refractivity (Wildman–Crippen MR) is 117 cm³/mol. The second kappa shape index (κ2) is 8.71. The summed E-state index contributed by atoms with van der Waals surface area (Å²) < 4.78 is 15.2. The van der Waals surface area contributed by atoms with Crippen LogP contribution in [-0.2, 0) is 12.3 Å². The van der Waals surface area contributed by atoms with Crippen LogP contribution >= 0.6 is 23.1 Å². The molecule has 0 saturated carbocycles. The van der Waals surface area contributed by atoms with Crippen molar-refractivity contribution in [1.29, 1.82) is 0 Å². The summed E-state index contributed by atoms with van der Waals surface area (Å²) in [5.41, 5.74) is 4.19. The van der Waals surface area contributed by atoms with Crippen LogP contribution in [-0.4, -0.2) is 19.7 Å². The Bertz CT molecular complexity index is 1110. The van der Waals surface area contributed by atoms with Crippen molar-refractivity contribution in [1.82, 2.24) is 19.7 Å². The van der Waals surface area contributed by atoms with Gasteiger partial charge in [0.1, 0.15) is 10.8 Å². The summed E-state index contributed by atoms with van der Waals surface area (Å²) in [6.07, 6.45) is 1.80. The summed E-state index contributed by atoms with van der Waals surface area (Å²) >= 11 is 3.22. The molecule has 4 rings (SSSR count). The van der Waals surface area contributed by atoms with Gasteiger partial charge in [0.25, 0.3) is 0 Å². The zero-order chi connectivity index (χ0) is 20.2. The largest absolute Gasteiger partial charge is 0.298 e. The number of aryl methyl sites for hydroxylation is 1. The predicted octanol–water partition coefficient (Wildman–Crippen LogP) is 5.99. The molecule has 0 bridgehead atoms. The number of thioether (sulfide) groups is 1. The zero-order valence-electron chi connectivity index (χ0n) is 15.9. The van der Waals surface area contributed by atoms with Crippen LogP contribution in [0.3, 0.4) is 0 Å². The van der Waals surface area contributed by atoms with Gasteiger partial charge >= 0.3 is 0 Å². The van der Waals surface area contributed by atoms with Crippen LogP contribution in [0.2, 0.25) is 0 Å². The normalized spacial score (nSPS) is 11.0. The number of nitrogens with zero attached hydrogens (tertiary/aromatic N) is 4. The third kappa shape index (κ3) is 4.46. The molecule has 146 valence electrons. The molecule has 2 aromatic carbocycles. The number of benzene rings is 2. The summed E-state index contributed by atoms with van der Waals surface area (Å²) in [5, 5.41) is 12.5. The Balaban J connectivity index is 1.52. The molecule has 4 nitrogen and oxygen atoms in total. The van der Waals surface area contributed by atoms with Crippen molar-refractivity contribution in [2.24, 2.45) is 0 Å². The van der Waals surface area contributed by atoms with Crippen LogP contribution < -0.4 is 0 Å². The van der Waals surface area contributed by atoms with Gasteiger partial charge in [0.2, 0.25) is 0 Å². The van der Waals surface area contributed by atoms with E-state index in [1.165, 1.54) is 17.7 Å². The first kappa shape index (κ1) is 19.5. The Labute approximate surface area is 177 Å². The minimum Gasteiger partial charge on any atom is -0.298 e. The maximum absolute atomic E-state index is 13.2. The van der Waals surface area contributed by atoms with E-state index in [-0.39, 0.29) is 5.82 Å². The van der Waals surface area contributed by atoms with Crippen molar-refractivity contribution in [3.05, 3.63) is 83.6 Å². The molecule has 2 heterocycles. The fraction of sp³-hybridized carbons (Fsp3) is 0.136. The standard InChI is InChI=1S/C22H19FN4S2/c1-3-12-27-20(16-8-10-18(23)11-9-16)25-26-22(27)29-14-19-13-28-21(24-19)17-6-4-15(2)5-7-17/h3-11,13H,1,12,14H2,2H3. The van der Waals surface area contributed by atoms with Gasteiger partial charge in [-0.2, -0.15) is 0 Å². The Morgan fingerprint density at radius 2 is 1.79 bits per heavy atom. The summed E-state index contributed by atoms with van der Waals surface area (Å²) in [6, 6.07) is 14.7. The average Bonchev–Trinajstić information content (AvgIpc) is 3.35. The molecule has 0 fully saturated rings. The van der Waals surface area contributed by atoms with Crippen molar-refractivity contribution in [3.63, 3.8) is 0 Å². The smallest absolute Gasteiger partial charge is 0.192 e. The summed E-state index contributed by atoms with van der Waals surface area (Å²) in [6.45, 7) is 6.48. The van der Waals surface area contributed by atoms with Gasteiger partial charge in [-0.05, 0) is 31.2 Å². The van der Waals surface area contributed by atoms with Crippen molar-refractivity contribution in [3.8, 4) is 22.0 Å². The highest BCUT2D eigenvalue weighted by Gasteiger charge is 2.14. The Morgan fingerprint density at radius 3 is 2.52 bits per heavy atom. The fourth-order valence-electron chi connectivity index (χ4n) is 2.84. The maximum Gasteiger partial charge on any atom is 0.192 e.